The van der Waals surface area contributed by atoms with Crippen molar-refractivity contribution < 1.29 is 4.79 Å². The first-order valence-corrected chi connectivity index (χ1v) is 8.04. The quantitative estimate of drug-likeness (QED) is 0.911. The van der Waals surface area contributed by atoms with Gasteiger partial charge in [0, 0.05) is 23.5 Å². The van der Waals surface area contributed by atoms with Gasteiger partial charge >= 0.3 is 0 Å². The summed E-state index contributed by atoms with van der Waals surface area (Å²) in [6.45, 7) is 1.81. The highest BCUT2D eigenvalue weighted by Gasteiger charge is 2.16. The van der Waals surface area contributed by atoms with Gasteiger partial charge in [-0.1, -0.05) is 25.0 Å². The normalized spacial score (nSPS) is 15.3. The van der Waals surface area contributed by atoms with E-state index in [-0.39, 0.29) is 11.5 Å². The van der Waals surface area contributed by atoms with E-state index in [1.165, 1.54) is 12.8 Å². The van der Waals surface area contributed by atoms with Crippen LogP contribution in [-0.4, -0.2) is 16.9 Å². The summed E-state index contributed by atoms with van der Waals surface area (Å²) < 4.78 is 0. The fourth-order valence-corrected chi connectivity index (χ4v) is 3.14. The van der Waals surface area contributed by atoms with Crippen LogP contribution in [0, 0.1) is 6.92 Å². The summed E-state index contributed by atoms with van der Waals surface area (Å²) >= 11 is 0. The van der Waals surface area contributed by atoms with Gasteiger partial charge < -0.3 is 10.3 Å². The molecule has 0 bridgehead atoms. The lowest BCUT2D eigenvalue weighted by Crippen LogP contribution is -2.32. The Morgan fingerprint density at radius 2 is 2.05 bits per heavy atom. The Morgan fingerprint density at radius 3 is 2.82 bits per heavy atom. The lowest BCUT2D eigenvalue weighted by molar-refractivity contribution is -0.121. The van der Waals surface area contributed by atoms with Crippen LogP contribution in [0.2, 0.25) is 0 Å². The van der Waals surface area contributed by atoms with Crippen molar-refractivity contribution in [3.05, 3.63) is 45.7 Å². The van der Waals surface area contributed by atoms with Crippen LogP contribution in [0.4, 0.5) is 0 Å². The predicted molar refractivity (Wildman–Crippen MR) is 88.0 cm³/mol. The molecule has 1 aromatic heterocycles. The molecule has 1 aliphatic carbocycles. The van der Waals surface area contributed by atoms with Gasteiger partial charge in [-0.25, -0.2) is 0 Å². The Morgan fingerprint density at radius 1 is 1.27 bits per heavy atom. The highest BCUT2D eigenvalue weighted by Crippen LogP contribution is 2.18. The number of aryl methyl sites for hydroxylation is 2. The maximum atomic E-state index is 12.0. The molecule has 0 spiro atoms. The molecule has 1 amide bonds. The maximum Gasteiger partial charge on any atom is 0.251 e. The predicted octanol–water partition coefficient (Wildman–Crippen LogP) is 2.83. The Balaban J connectivity index is 1.64. The van der Waals surface area contributed by atoms with Gasteiger partial charge in [-0.05, 0) is 49.3 Å². The van der Waals surface area contributed by atoms with Gasteiger partial charge in [0.2, 0.25) is 5.91 Å². The smallest absolute Gasteiger partial charge is 0.251 e. The highest BCUT2D eigenvalue weighted by molar-refractivity contribution is 5.80. The van der Waals surface area contributed by atoms with E-state index in [2.05, 4.69) is 10.3 Å². The zero-order chi connectivity index (χ0) is 15.5. The number of benzene rings is 1. The van der Waals surface area contributed by atoms with Crippen molar-refractivity contribution in [2.45, 2.75) is 51.5 Å². The van der Waals surface area contributed by atoms with E-state index in [0.717, 1.165) is 34.9 Å². The van der Waals surface area contributed by atoms with Crippen molar-refractivity contribution >= 4 is 16.8 Å². The third-order valence-electron chi connectivity index (χ3n) is 4.46. The number of carbonyl (C=O) groups is 1. The van der Waals surface area contributed by atoms with Crippen LogP contribution in [0.3, 0.4) is 0 Å². The fraction of sp³-hybridized carbons (Fsp3) is 0.444. The third kappa shape index (κ3) is 3.38. The minimum absolute atomic E-state index is 0.0522. The third-order valence-corrected chi connectivity index (χ3v) is 4.46. The average Bonchev–Trinajstić information content (AvgIpc) is 2.99. The average molecular weight is 298 g/mol. The van der Waals surface area contributed by atoms with Gasteiger partial charge in [-0.3, -0.25) is 9.59 Å². The molecule has 3 rings (SSSR count). The van der Waals surface area contributed by atoms with Gasteiger partial charge in [0.1, 0.15) is 0 Å². The summed E-state index contributed by atoms with van der Waals surface area (Å²) in [6.07, 6.45) is 5.87. The zero-order valence-corrected chi connectivity index (χ0v) is 12.9. The maximum absolute atomic E-state index is 12.0. The second kappa shape index (κ2) is 6.34. The Hall–Kier alpha value is -2.10. The van der Waals surface area contributed by atoms with Crippen molar-refractivity contribution in [2.24, 2.45) is 0 Å². The Kier molecular flexibility index (Phi) is 4.27. The topological polar surface area (TPSA) is 62.0 Å². The van der Waals surface area contributed by atoms with Crippen LogP contribution in [0.25, 0.3) is 10.9 Å². The molecule has 22 heavy (non-hydrogen) atoms. The molecule has 4 nitrogen and oxygen atoms in total. The van der Waals surface area contributed by atoms with Gasteiger partial charge in [0.15, 0.2) is 0 Å². The first kappa shape index (κ1) is 14.8. The van der Waals surface area contributed by atoms with E-state index in [9.17, 15) is 9.59 Å². The summed E-state index contributed by atoms with van der Waals surface area (Å²) in [5, 5.41) is 4.13. The van der Waals surface area contributed by atoms with Crippen LogP contribution >= 0.6 is 0 Å². The van der Waals surface area contributed by atoms with Crippen LogP contribution in [-0.2, 0) is 11.2 Å². The van der Waals surface area contributed by atoms with Gasteiger partial charge in [0.05, 0.1) is 0 Å². The number of aromatic amines is 1. The van der Waals surface area contributed by atoms with Crippen molar-refractivity contribution in [3.63, 3.8) is 0 Å². The second-order valence-corrected chi connectivity index (χ2v) is 6.25. The van der Waals surface area contributed by atoms with Crippen LogP contribution < -0.4 is 10.9 Å². The molecule has 0 atom stereocenters. The summed E-state index contributed by atoms with van der Waals surface area (Å²) in [4.78, 5) is 26.5. The first-order chi connectivity index (χ1) is 10.6. The van der Waals surface area contributed by atoms with Crippen molar-refractivity contribution in [1.82, 2.24) is 10.3 Å². The number of H-pyrrole nitrogens is 1. The molecule has 2 N–H and O–H groups in total. The van der Waals surface area contributed by atoms with Crippen molar-refractivity contribution in [2.75, 3.05) is 0 Å². The summed E-state index contributed by atoms with van der Waals surface area (Å²) in [6, 6.07) is 8.28. The van der Waals surface area contributed by atoms with Gasteiger partial charge in [-0.2, -0.15) is 0 Å². The van der Waals surface area contributed by atoms with Crippen LogP contribution in [0.15, 0.2) is 29.1 Å². The van der Waals surface area contributed by atoms with E-state index in [4.69, 9.17) is 0 Å². The first-order valence-electron chi connectivity index (χ1n) is 8.04. The van der Waals surface area contributed by atoms with E-state index >= 15 is 0 Å². The number of amides is 1. The van der Waals surface area contributed by atoms with E-state index < -0.39 is 0 Å². The van der Waals surface area contributed by atoms with Crippen LogP contribution in [0.5, 0.6) is 0 Å². The summed E-state index contributed by atoms with van der Waals surface area (Å²) in [7, 11) is 0. The Labute approximate surface area is 129 Å². The van der Waals surface area contributed by atoms with E-state index in [0.29, 0.717) is 18.9 Å². The lowest BCUT2D eigenvalue weighted by atomic mass is 10.1. The standard InChI is InChI=1S/C18H22N2O2/c1-12-10-14-8-6-13(11-16(14)20-18(12)22)7-9-17(21)19-15-4-2-3-5-15/h6,8,10-11,15H,2-5,7,9H2,1H3,(H,19,21)(H,20,22). The number of carbonyl (C=O) groups excluding carboxylic acids is 1. The van der Waals surface area contributed by atoms with Crippen molar-refractivity contribution in [3.8, 4) is 0 Å². The molecule has 0 radical (unpaired) electrons. The molecule has 116 valence electrons. The molecule has 0 aliphatic heterocycles. The number of pyridine rings is 1. The highest BCUT2D eigenvalue weighted by atomic mass is 16.1. The minimum Gasteiger partial charge on any atom is -0.353 e. The molecule has 2 aromatic rings. The van der Waals surface area contributed by atoms with E-state index in [1.54, 1.807) is 6.92 Å². The number of hydrogen-bond donors (Lipinski definition) is 2. The molecule has 4 heteroatoms. The number of rotatable bonds is 4. The minimum atomic E-state index is -0.0522. The largest absolute Gasteiger partial charge is 0.353 e. The number of hydrogen-bond acceptors (Lipinski definition) is 2. The number of nitrogens with one attached hydrogen (secondary N) is 2. The zero-order valence-electron chi connectivity index (χ0n) is 12.9. The van der Waals surface area contributed by atoms with E-state index in [1.807, 2.05) is 24.3 Å². The summed E-state index contributed by atoms with van der Waals surface area (Å²) in [5.74, 6) is 0.129. The monoisotopic (exact) mass is 298 g/mol. The molecule has 1 aromatic carbocycles. The van der Waals surface area contributed by atoms with Gasteiger partial charge in [-0.15, -0.1) is 0 Å². The molecular weight excluding hydrogens is 276 g/mol. The number of aromatic nitrogens is 1. The summed E-state index contributed by atoms with van der Waals surface area (Å²) in [5.41, 5.74) is 2.58. The molecule has 0 saturated heterocycles. The Bertz CT molecular complexity index is 742. The molecule has 1 aliphatic rings. The van der Waals surface area contributed by atoms with Gasteiger partial charge in [0.25, 0.3) is 5.56 Å². The molecule has 1 saturated carbocycles. The fourth-order valence-electron chi connectivity index (χ4n) is 3.14. The second-order valence-electron chi connectivity index (χ2n) is 6.25. The molecule has 0 unspecified atom stereocenters. The molecule has 1 heterocycles. The SMILES string of the molecule is Cc1cc2ccc(CCC(=O)NC3CCCC3)cc2[nH]c1=O. The molecule has 1 fully saturated rings. The van der Waals surface area contributed by atoms with Crippen LogP contribution in [0.1, 0.15) is 43.2 Å². The lowest BCUT2D eigenvalue weighted by Gasteiger charge is -2.11. The number of fused-ring (bicyclic) bond motifs is 1. The molecular formula is C18H22N2O2. The van der Waals surface area contributed by atoms with Crippen molar-refractivity contribution in [1.29, 1.82) is 0 Å².